The molecule has 0 aliphatic carbocycles. The van der Waals surface area contributed by atoms with E-state index in [1.807, 2.05) is 0 Å². The molecule has 0 N–H and O–H groups in total. The molecule has 0 atom stereocenters. The van der Waals surface area contributed by atoms with Crippen molar-refractivity contribution in [2.24, 2.45) is 0 Å². The topological polar surface area (TPSA) is 9.23 Å². The summed E-state index contributed by atoms with van der Waals surface area (Å²) in [6, 6.07) is 2.13. The standard InChI is InChI=1S/C8H5Cl2F3O/c1-4-6(9)2-5(3-7(4)10)14-8(11,12)13/h2-3H,1H3. The van der Waals surface area contributed by atoms with Crippen molar-refractivity contribution in [1.82, 2.24) is 0 Å². The summed E-state index contributed by atoms with van der Waals surface area (Å²) in [6.45, 7) is 1.60. The van der Waals surface area contributed by atoms with E-state index in [1.54, 1.807) is 6.92 Å². The Balaban J connectivity index is 3.02. The fourth-order valence-corrected chi connectivity index (χ4v) is 1.28. The second-order valence-corrected chi connectivity index (χ2v) is 3.37. The molecule has 6 heteroatoms. The van der Waals surface area contributed by atoms with E-state index in [1.165, 1.54) is 0 Å². The maximum absolute atomic E-state index is 11.8. The van der Waals surface area contributed by atoms with Crippen LogP contribution in [0.4, 0.5) is 13.2 Å². The Kier molecular flexibility index (Phi) is 3.17. The molecule has 0 spiro atoms. The van der Waals surface area contributed by atoms with Gasteiger partial charge in [0.2, 0.25) is 0 Å². The number of benzene rings is 1. The highest BCUT2D eigenvalue weighted by atomic mass is 35.5. The van der Waals surface area contributed by atoms with Gasteiger partial charge in [0.15, 0.2) is 0 Å². The van der Waals surface area contributed by atoms with Crippen LogP contribution in [0.2, 0.25) is 10.0 Å². The van der Waals surface area contributed by atoms with Gasteiger partial charge in [0.1, 0.15) is 5.75 Å². The van der Waals surface area contributed by atoms with Gasteiger partial charge in [-0.05, 0) is 24.6 Å². The normalized spacial score (nSPS) is 11.6. The molecule has 0 heterocycles. The van der Waals surface area contributed by atoms with Crippen molar-refractivity contribution >= 4 is 23.2 Å². The average molecular weight is 245 g/mol. The highest BCUT2D eigenvalue weighted by molar-refractivity contribution is 6.36. The number of hydrogen-bond donors (Lipinski definition) is 0. The van der Waals surface area contributed by atoms with E-state index < -0.39 is 12.1 Å². The summed E-state index contributed by atoms with van der Waals surface area (Å²) in [7, 11) is 0. The van der Waals surface area contributed by atoms with Crippen LogP contribution in [0.25, 0.3) is 0 Å². The van der Waals surface area contributed by atoms with Gasteiger partial charge < -0.3 is 4.74 Å². The summed E-state index contributed by atoms with van der Waals surface area (Å²) < 4.78 is 39.0. The molecule has 0 aromatic heterocycles. The van der Waals surface area contributed by atoms with Gasteiger partial charge in [-0.3, -0.25) is 0 Å². The molecule has 78 valence electrons. The van der Waals surface area contributed by atoms with Crippen molar-refractivity contribution in [3.8, 4) is 5.75 Å². The molecule has 0 amide bonds. The third kappa shape index (κ3) is 2.96. The number of rotatable bonds is 1. The molecular formula is C8H5Cl2F3O. The molecule has 0 aliphatic rings. The lowest BCUT2D eigenvalue weighted by atomic mass is 10.2. The molecule has 1 nitrogen and oxygen atoms in total. The third-order valence-electron chi connectivity index (χ3n) is 1.49. The fourth-order valence-electron chi connectivity index (χ4n) is 0.815. The number of alkyl halides is 3. The first-order valence-corrected chi connectivity index (χ1v) is 4.26. The van der Waals surface area contributed by atoms with E-state index in [0.717, 1.165) is 12.1 Å². The van der Waals surface area contributed by atoms with Gasteiger partial charge in [0.25, 0.3) is 0 Å². The first-order valence-electron chi connectivity index (χ1n) is 3.51. The van der Waals surface area contributed by atoms with Crippen LogP contribution >= 0.6 is 23.2 Å². The molecule has 1 aromatic rings. The predicted octanol–water partition coefficient (Wildman–Crippen LogP) is 4.20. The molecule has 0 bridgehead atoms. The minimum atomic E-state index is -4.73. The highest BCUT2D eigenvalue weighted by Crippen LogP contribution is 2.32. The monoisotopic (exact) mass is 244 g/mol. The number of ether oxygens (including phenoxy) is 1. The molecule has 0 saturated carbocycles. The predicted molar refractivity (Wildman–Crippen MR) is 47.9 cm³/mol. The van der Waals surface area contributed by atoms with E-state index in [-0.39, 0.29) is 10.0 Å². The summed E-state index contributed by atoms with van der Waals surface area (Å²) >= 11 is 11.2. The van der Waals surface area contributed by atoms with E-state index >= 15 is 0 Å². The zero-order valence-electron chi connectivity index (χ0n) is 6.95. The Hall–Kier alpha value is -0.610. The van der Waals surface area contributed by atoms with Gasteiger partial charge in [-0.15, -0.1) is 13.2 Å². The summed E-state index contributed by atoms with van der Waals surface area (Å²) in [6.07, 6.45) is -4.73. The second kappa shape index (κ2) is 3.87. The Bertz CT molecular complexity index is 326. The zero-order valence-corrected chi connectivity index (χ0v) is 8.46. The molecule has 1 aromatic carbocycles. The maximum atomic E-state index is 11.8. The first-order chi connectivity index (χ1) is 6.29. The first kappa shape index (κ1) is 11.5. The van der Waals surface area contributed by atoms with Crippen molar-refractivity contribution in [3.05, 3.63) is 27.7 Å². The lowest BCUT2D eigenvalue weighted by molar-refractivity contribution is -0.274. The van der Waals surface area contributed by atoms with E-state index in [0.29, 0.717) is 5.56 Å². The third-order valence-corrected chi connectivity index (χ3v) is 2.27. The number of hydrogen-bond acceptors (Lipinski definition) is 1. The quantitative estimate of drug-likeness (QED) is 0.720. The minimum absolute atomic E-state index is 0.136. The molecule has 1 rings (SSSR count). The Morgan fingerprint density at radius 3 is 1.93 bits per heavy atom. The molecule has 0 unspecified atom stereocenters. The van der Waals surface area contributed by atoms with Gasteiger partial charge in [0, 0.05) is 10.0 Å². The van der Waals surface area contributed by atoms with Crippen LogP contribution in [0.5, 0.6) is 5.75 Å². The van der Waals surface area contributed by atoms with Gasteiger partial charge in [-0.2, -0.15) is 0 Å². The molecule has 14 heavy (non-hydrogen) atoms. The molecule has 0 aliphatic heterocycles. The maximum Gasteiger partial charge on any atom is 0.573 e. The van der Waals surface area contributed by atoms with Crippen LogP contribution in [0, 0.1) is 6.92 Å². The van der Waals surface area contributed by atoms with Crippen molar-refractivity contribution in [1.29, 1.82) is 0 Å². The lowest BCUT2D eigenvalue weighted by Crippen LogP contribution is -2.17. The SMILES string of the molecule is Cc1c(Cl)cc(OC(F)(F)F)cc1Cl. The highest BCUT2D eigenvalue weighted by Gasteiger charge is 2.31. The van der Waals surface area contributed by atoms with E-state index in [4.69, 9.17) is 23.2 Å². The van der Waals surface area contributed by atoms with Crippen LogP contribution in [0.1, 0.15) is 5.56 Å². The number of halogens is 5. The lowest BCUT2D eigenvalue weighted by Gasteiger charge is -2.10. The average Bonchev–Trinajstić information content (AvgIpc) is 1.96. The smallest absolute Gasteiger partial charge is 0.406 e. The van der Waals surface area contributed by atoms with Crippen molar-refractivity contribution in [2.45, 2.75) is 13.3 Å². The minimum Gasteiger partial charge on any atom is -0.406 e. The van der Waals surface area contributed by atoms with Crippen molar-refractivity contribution in [3.63, 3.8) is 0 Å². The molecule has 0 radical (unpaired) electrons. The Morgan fingerprint density at radius 2 is 1.57 bits per heavy atom. The summed E-state index contributed by atoms with van der Waals surface area (Å²) in [5, 5.41) is 0.272. The largest absolute Gasteiger partial charge is 0.573 e. The van der Waals surface area contributed by atoms with Crippen molar-refractivity contribution in [2.75, 3.05) is 0 Å². The molecular weight excluding hydrogens is 240 g/mol. The Morgan fingerprint density at radius 1 is 1.14 bits per heavy atom. The van der Waals surface area contributed by atoms with Gasteiger partial charge >= 0.3 is 6.36 Å². The van der Waals surface area contributed by atoms with Crippen molar-refractivity contribution < 1.29 is 17.9 Å². The Labute approximate surface area is 88.4 Å². The second-order valence-electron chi connectivity index (χ2n) is 2.56. The zero-order chi connectivity index (χ0) is 10.9. The summed E-state index contributed by atoms with van der Waals surface area (Å²) in [5.41, 5.74) is 0.517. The van der Waals surface area contributed by atoms with Crippen LogP contribution in [0.3, 0.4) is 0 Å². The van der Waals surface area contributed by atoms with Crippen LogP contribution in [-0.4, -0.2) is 6.36 Å². The van der Waals surface area contributed by atoms with E-state index in [9.17, 15) is 13.2 Å². The van der Waals surface area contributed by atoms with Gasteiger partial charge in [0.05, 0.1) is 0 Å². The van der Waals surface area contributed by atoms with E-state index in [2.05, 4.69) is 4.74 Å². The van der Waals surface area contributed by atoms with Gasteiger partial charge in [-0.25, -0.2) is 0 Å². The summed E-state index contributed by atoms with van der Waals surface area (Å²) in [4.78, 5) is 0. The van der Waals surface area contributed by atoms with Crippen LogP contribution in [-0.2, 0) is 0 Å². The summed E-state index contributed by atoms with van der Waals surface area (Å²) in [5.74, 6) is -0.418. The molecule has 0 saturated heterocycles. The fraction of sp³-hybridized carbons (Fsp3) is 0.250. The molecule has 0 fully saturated rings. The van der Waals surface area contributed by atoms with Gasteiger partial charge in [-0.1, -0.05) is 23.2 Å². The van der Waals surface area contributed by atoms with Crippen LogP contribution < -0.4 is 4.74 Å². The van der Waals surface area contributed by atoms with Crippen LogP contribution in [0.15, 0.2) is 12.1 Å².